The van der Waals surface area contributed by atoms with Crippen molar-refractivity contribution in [3.63, 3.8) is 0 Å². The molecule has 0 amide bonds. The number of aromatic nitrogens is 4. The highest BCUT2D eigenvalue weighted by Gasteiger charge is 2.21. The number of benzene rings is 1. The second-order valence-corrected chi connectivity index (χ2v) is 5.80. The maximum Gasteiger partial charge on any atom is 0.272 e. The van der Waals surface area contributed by atoms with E-state index in [0.717, 1.165) is 31.4 Å². The minimum Gasteiger partial charge on any atom is -0.434 e. The van der Waals surface area contributed by atoms with E-state index in [0.29, 0.717) is 17.8 Å². The highest BCUT2D eigenvalue weighted by Crippen LogP contribution is 2.31. The molecule has 4 rings (SSSR count). The summed E-state index contributed by atoms with van der Waals surface area (Å²) in [6, 6.07) is 3.14. The van der Waals surface area contributed by atoms with Gasteiger partial charge in [-0.3, -0.25) is 14.7 Å². The first-order valence-electron chi connectivity index (χ1n) is 8.04. The van der Waals surface area contributed by atoms with E-state index in [4.69, 9.17) is 9.47 Å². The van der Waals surface area contributed by atoms with Gasteiger partial charge < -0.3 is 9.47 Å². The van der Waals surface area contributed by atoms with Crippen LogP contribution in [0.15, 0.2) is 30.9 Å². The summed E-state index contributed by atoms with van der Waals surface area (Å²) in [4.78, 5) is 22.5. The van der Waals surface area contributed by atoms with Crippen LogP contribution in [0.25, 0.3) is 11.2 Å². The number of hydrogen-bond acceptors (Lipinski definition) is 7. The molecular weight excluding hydrogens is 345 g/mol. The van der Waals surface area contributed by atoms with Crippen LogP contribution in [0.4, 0.5) is 10.1 Å². The summed E-state index contributed by atoms with van der Waals surface area (Å²) in [5.41, 5.74) is 0.519. The molecule has 3 heterocycles. The van der Waals surface area contributed by atoms with Gasteiger partial charge in [0.05, 0.1) is 17.3 Å². The lowest BCUT2D eigenvalue weighted by molar-refractivity contribution is -0.385. The van der Waals surface area contributed by atoms with Gasteiger partial charge >= 0.3 is 0 Å². The Bertz CT molecular complexity index is 970. The van der Waals surface area contributed by atoms with Gasteiger partial charge in [-0.1, -0.05) is 0 Å². The van der Waals surface area contributed by atoms with Crippen LogP contribution in [0.1, 0.15) is 25.5 Å². The minimum absolute atomic E-state index is 0.0670. The first kappa shape index (κ1) is 16.3. The molecule has 1 aromatic carbocycles. The first-order chi connectivity index (χ1) is 12.6. The van der Waals surface area contributed by atoms with Crippen LogP contribution in [-0.4, -0.2) is 31.0 Å². The lowest BCUT2D eigenvalue weighted by Gasteiger charge is -2.23. The maximum absolute atomic E-state index is 14.1. The zero-order chi connectivity index (χ0) is 18.1. The molecule has 134 valence electrons. The molecule has 1 fully saturated rings. The van der Waals surface area contributed by atoms with Crippen molar-refractivity contribution in [2.45, 2.75) is 25.5 Å². The number of nitro benzene ring substituents is 1. The molecule has 1 unspecified atom stereocenters. The number of imidazole rings is 1. The number of fused-ring (bicyclic) bond motifs is 1. The zero-order valence-electron chi connectivity index (χ0n) is 13.5. The molecular formula is C16H14FN5O4. The number of rotatable bonds is 4. The standard InChI is InChI=1S/C16H14FN5O4/c17-11-7-10(22(23)24)4-5-12(11)26-16-14-15(18-8-19-16)21(9-20-14)13-3-1-2-6-25-13/h4-5,7-9,13H,1-3,6H2. The van der Waals surface area contributed by atoms with Gasteiger partial charge in [0.2, 0.25) is 0 Å². The van der Waals surface area contributed by atoms with Gasteiger partial charge in [-0.2, -0.15) is 4.98 Å². The third-order valence-electron chi connectivity index (χ3n) is 4.12. The molecule has 2 aromatic heterocycles. The van der Waals surface area contributed by atoms with Crippen molar-refractivity contribution >= 4 is 16.9 Å². The van der Waals surface area contributed by atoms with Crippen molar-refractivity contribution in [2.24, 2.45) is 0 Å². The Morgan fingerprint density at radius 2 is 2.19 bits per heavy atom. The minimum atomic E-state index is -0.860. The van der Waals surface area contributed by atoms with Crippen molar-refractivity contribution < 1.29 is 18.8 Å². The van der Waals surface area contributed by atoms with Crippen molar-refractivity contribution in [3.8, 4) is 11.6 Å². The van der Waals surface area contributed by atoms with Crippen molar-refractivity contribution in [1.29, 1.82) is 0 Å². The summed E-state index contributed by atoms with van der Waals surface area (Å²) < 4.78 is 27.1. The second-order valence-electron chi connectivity index (χ2n) is 5.80. The Morgan fingerprint density at radius 3 is 2.92 bits per heavy atom. The molecule has 1 aliphatic rings. The molecule has 1 aliphatic heterocycles. The summed E-state index contributed by atoms with van der Waals surface area (Å²) in [7, 11) is 0. The van der Waals surface area contributed by atoms with Crippen LogP contribution in [0.5, 0.6) is 11.6 Å². The average molecular weight is 359 g/mol. The number of halogens is 1. The predicted molar refractivity (Wildman–Crippen MR) is 87.3 cm³/mol. The highest BCUT2D eigenvalue weighted by atomic mass is 19.1. The normalized spacial score (nSPS) is 17.3. The Kier molecular flexibility index (Phi) is 4.17. The van der Waals surface area contributed by atoms with E-state index in [2.05, 4.69) is 15.0 Å². The van der Waals surface area contributed by atoms with E-state index >= 15 is 0 Å². The van der Waals surface area contributed by atoms with Gasteiger partial charge in [0.15, 0.2) is 22.7 Å². The topological polar surface area (TPSA) is 105 Å². The number of non-ortho nitro benzene ring substituents is 1. The van der Waals surface area contributed by atoms with Crippen molar-refractivity contribution in [1.82, 2.24) is 19.5 Å². The van der Waals surface area contributed by atoms with Crippen LogP contribution in [0, 0.1) is 15.9 Å². The van der Waals surface area contributed by atoms with Gasteiger partial charge in [-0.05, 0) is 25.3 Å². The fraction of sp³-hybridized carbons (Fsp3) is 0.312. The molecule has 26 heavy (non-hydrogen) atoms. The molecule has 0 bridgehead atoms. The summed E-state index contributed by atoms with van der Waals surface area (Å²) >= 11 is 0. The molecule has 0 radical (unpaired) electrons. The Hall–Kier alpha value is -3.14. The molecule has 10 heteroatoms. The maximum atomic E-state index is 14.1. The van der Waals surface area contributed by atoms with Crippen LogP contribution in [0.3, 0.4) is 0 Å². The summed E-state index contributed by atoms with van der Waals surface area (Å²) in [5, 5.41) is 10.7. The van der Waals surface area contributed by atoms with Gasteiger partial charge in [-0.25, -0.2) is 14.4 Å². The predicted octanol–water partition coefficient (Wildman–Crippen LogP) is 3.37. The third-order valence-corrected chi connectivity index (χ3v) is 4.12. The van der Waals surface area contributed by atoms with Gasteiger partial charge in [0, 0.05) is 12.7 Å². The lowest BCUT2D eigenvalue weighted by atomic mass is 10.2. The smallest absolute Gasteiger partial charge is 0.272 e. The van der Waals surface area contributed by atoms with E-state index in [-0.39, 0.29) is 23.5 Å². The molecule has 1 saturated heterocycles. The summed E-state index contributed by atoms with van der Waals surface area (Å²) in [6.07, 6.45) is 5.64. The molecule has 0 N–H and O–H groups in total. The summed E-state index contributed by atoms with van der Waals surface area (Å²) in [5.74, 6) is -0.975. The molecule has 1 atom stereocenters. The lowest BCUT2D eigenvalue weighted by Crippen LogP contribution is -2.17. The van der Waals surface area contributed by atoms with E-state index in [1.54, 1.807) is 10.9 Å². The quantitative estimate of drug-likeness (QED) is 0.519. The van der Waals surface area contributed by atoms with Crippen LogP contribution in [0.2, 0.25) is 0 Å². The van der Waals surface area contributed by atoms with E-state index < -0.39 is 10.7 Å². The molecule has 0 aliphatic carbocycles. The van der Waals surface area contributed by atoms with E-state index in [1.165, 1.54) is 12.4 Å². The van der Waals surface area contributed by atoms with E-state index in [1.807, 2.05) is 0 Å². The molecule has 0 spiro atoms. The highest BCUT2D eigenvalue weighted by molar-refractivity contribution is 5.76. The Balaban J connectivity index is 1.67. The number of nitrogens with zero attached hydrogens (tertiary/aromatic N) is 5. The van der Waals surface area contributed by atoms with E-state index in [9.17, 15) is 14.5 Å². The molecule has 9 nitrogen and oxygen atoms in total. The number of ether oxygens (including phenoxy) is 2. The monoisotopic (exact) mass is 359 g/mol. The first-order valence-corrected chi connectivity index (χ1v) is 8.04. The number of nitro groups is 1. The number of hydrogen-bond donors (Lipinski definition) is 0. The largest absolute Gasteiger partial charge is 0.434 e. The van der Waals surface area contributed by atoms with Crippen LogP contribution >= 0.6 is 0 Å². The van der Waals surface area contributed by atoms with Crippen molar-refractivity contribution in [2.75, 3.05) is 6.61 Å². The van der Waals surface area contributed by atoms with Gasteiger partial charge in [-0.15, -0.1) is 0 Å². The van der Waals surface area contributed by atoms with Crippen LogP contribution in [-0.2, 0) is 4.74 Å². The Morgan fingerprint density at radius 1 is 1.31 bits per heavy atom. The molecule has 3 aromatic rings. The second kappa shape index (κ2) is 6.64. The van der Waals surface area contributed by atoms with Crippen LogP contribution < -0.4 is 4.74 Å². The van der Waals surface area contributed by atoms with Crippen molar-refractivity contribution in [3.05, 3.63) is 46.8 Å². The average Bonchev–Trinajstić information content (AvgIpc) is 3.09. The van der Waals surface area contributed by atoms with Gasteiger partial charge in [0.1, 0.15) is 12.6 Å². The Labute approximate surface area is 146 Å². The summed E-state index contributed by atoms with van der Waals surface area (Å²) in [6.45, 7) is 0.673. The van der Waals surface area contributed by atoms with Gasteiger partial charge in [0.25, 0.3) is 11.6 Å². The zero-order valence-corrected chi connectivity index (χ0v) is 13.5. The fourth-order valence-electron chi connectivity index (χ4n) is 2.85. The molecule has 0 saturated carbocycles. The SMILES string of the molecule is O=[N+]([O-])c1ccc(Oc2ncnc3c2ncn3C2CCCCO2)c(F)c1. The fourth-order valence-corrected chi connectivity index (χ4v) is 2.85. The third kappa shape index (κ3) is 2.94.